The summed E-state index contributed by atoms with van der Waals surface area (Å²) in [4.78, 5) is 14.0. The van der Waals surface area contributed by atoms with Crippen LogP contribution in [0.5, 0.6) is 0 Å². The number of nitrogens with zero attached hydrogens (tertiary/aromatic N) is 3. The zero-order valence-corrected chi connectivity index (χ0v) is 13.1. The first kappa shape index (κ1) is 14.2. The van der Waals surface area contributed by atoms with E-state index in [1.807, 2.05) is 25.5 Å². The number of aromatic nitrogens is 2. The lowest BCUT2D eigenvalue weighted by molar-refractivity contribution is 0.0216. The van der Waals surface area contributed by atoms with Gasteiger partial charge in [-0.25, -0.2) is 4.79 Å². The summed E-state index contributed by atoms with van der Waals surface area (Å²) in [5.74, 6) is 0.626. The van der Waals surface area contributed by atoms with Crippen LogP contribution < -0.4 is 5.73 Å². The maximum Gasteiger partial charge on any atom is 0.410 e. The SMILES string of the molecule is CC(C)(C)OC(=O)N1CCc2c(N)nn(C3CCC3)c2C1. The second kappa shape index (κ2) is 4.93. The molecule has 0 unspecified atom stereocenters. The van der Waals surface area contributed by atoms with E-state index in [-0.39, 0.29) is 6.09 Å². The summed E-state index contributed by atoms with van der Waals surface area (Å²) in [6.45, 7) is 6.85. The number of nitrogens with two attached hydrogens (primary N) is 1. The van der Waals surface area contributed by atoms with E-state index in [9.17, 15) is 4.79 Å². The Balaban J connectivity index is 1.79. The van der Waals surface area contributed by atoms with Crippen LogP contribution in [0.15, 0.2) is 0 Å². The minimum Gasteiger partial charge on any atom is -0.444 e. The monoisotopic (exact) mass is 292 g/mol. The minimum atomic E-state index is -0.468. The molecule has 2 N–H and O–H groups in total. The van der Waals surface area contributed by atoms with Gasteiger partial charge in [0.2, 0.25) is 0 Å². The second-order valence-corrected chi connectivity index (χ2v) is 6.99. The van der Waals surface area contributed by atoms with Crippen LogP contribution in [0.2, 0.25) is 0 Å². The highest BCUT2D eigenvalue weighted by Gasteiger charge is 2.32. The van der Waals surface area contributed by atoms with Crippen molar-refractivity contribution in [1.29, 1.82) is 0 Å². The summed E-state index contributed by atoms with van der Waals surface area (Å²) in [5, 5.41) is 4.50. The Morgan fingerprint density at radius 2 is 2.10 bits per heavy atom. The molecule has 0 aromatic carbocycles. The Labute approximate surface area is 125 Å². The summed E-state index contributed by atoms with van der Waals surface area (Å²) < 4.78 is 7.51. The lowest BCUT2D eigenvalue weighted by Crippen LogP contribution is -2.40. The third kappa shape index (κ3) is 2.71. The maximum absolute atomic E-state index is 12.2. The van der Waals surface area contributed by atoms with Crippen LogP contribution in [-0.4, -0.2) is 32.9 Å². The van der Waals surface area contributed by atoms with E-state index in [0.717, 1.165) is 30.5 Å². The molecular formula is C15H24N4O2. The molecule has 3 rings (SSSR count). The van der Waals surface area contributed by atoms with Crippen molar-refractivity contribution >= 4 is 11.9 Å². The zero-order valence-electron chi connectivity index (χ0n) is 13.1. The van der Waals surface area contributed by atoms with E-state index in [4.69, 9.17) is 10.5 Å². The second-order valence-electron chi connectivity index (χ2n) is 6.99. The van der Waals surface area contributed by atoms with Gasteiger partial charge in [0.25, 0.3) is 0 Å². The number of hydrogen-bond donors (Lipinski definition) is 1. The van der Waals surface area contributed by atoms with Crippen molar-refractivity contribution in [2.24, 2.45) is 0 Å². The minimum absolute atomic E-state index is 0.256. The molecule has 2 aliphatic rings. The first-order valence-corrected chi connectivity index (χ1v) is 7.69. The predicted molar refractivity (Wildman–Crippen MR) is 79.9 cm³/mol. The van der Waals surface area contributed by atoms with Gasteiger partial charge in [-0.1, -0.05) is 0 Å². The molecule has 1 aromatic rings. The van der Waals surface area contributed by atoms with Crippen LogP contribution in [0.3, 0.4) is 0 Å². The Hall–Kier alpha value is -1.72. The molecule has 6 nitrogen and oxygen atoms in total. The Bertz CT molecular complexity index is 555. The standard InChI is InChI=1S/C15H24N4O2/c1-15(2,3)21-14(20)18-8-7-11-12(9-18)19(17-13(11)16)10-5-4-6-10/h10H,4-9H2,1-3H3,(H2,16,17). The number of rotatable bonds is 1. The lowest BCUT2D eigenvalue weighted by Gasteiger charge is -2.33. The Kier molecular flexibility index (Phi) is 3.34. The van der Waals surface area contributed by atoms with E-state index in [0.29, 0.717) is 24.9 Å². The summed E-state index contributed by atoms with van der Waals surface area (Å²) in [5.41, 5.74) is 7.77. The molecule has 0 radical (unpaired) electrons. The Morgan fingerprint density at radius 3 is 2.67 bits per heavy atom. The summed E-state index contributed by atoms with van der Waals surface area (Å²) in [6, 6.07) is 0.453. The maximum atomic E-state index is 12.2. The van der Waals surface area contributed by atoms with Crippen molar-refractivity contribution in [2.45, 2.75) is 64.6 Å². The van der Waals surface area contributed by atoms with Gasteiger partial charge in [-0.05, 0) is 46.5 Å². The van der Waals surface area contributed by atoms with E-state index < -0.39 is 5.60 Å². The van der Waals surface area contributed by atoms with Crippen molar-refractivity contribution in [1.82, 2.24) is 14.7 Å². The summed E-state index contributed by atoms with van der Waals surface area (Å²) >= 11 is 0. The van der Waals surface area contributed by atoms with Gasteiger partial charge >= 0.3 is 6.09 Å². The third-order valence-corrected chi connectivity index (χ3v) is 4.19. The number of nitrogen functional groups attached to an aromatic ring is 1. The highest BCUT2D eigenvalue weighted by molar-refractivity contribution is 5.69. The van der Waals surface area contributed by atoms with Crippen molar-refractivity contribution < 1.29 is 9.53 Å². The first-order valence-electron chi connectivity index (χ1n) is 7.69. The molecule has 6 heteroatoms. The first-order chi connectivity index (χ1) is 9.85. The van der Waals surface area contributed by atoms with E-state index in [1.54, 1.807) is 4.90 Å². The number of carbonyl (C=O) groups excluding carboxylic acids is 1. The smallest absolute Gasteiger partial charge is 0.410 e. The molecule has 116 valence electrons. The molecule has 1 aliphatic carbocycles. The number of anilines is 1. The van der Waals surface area contributed by atoms with Gasteiger partial charge in [-0.15, -0.1) is 0 Å². The lowest BCUT2D eigenvalue weighted by atomic mass is 9.93. The Morgan fingerprint density at radius 1 is 1.38 bits per heavy atom. The van der Waals surface area contributed by atoms with Crippen LogP contribution >= 0.6 is 0 Å². The van der Waals surface area contributed by atoms with Gasteiger partial charge in [-0.2, -0.15) is 5.10 Å². The normalized spacial score (nSPS) is 19.1. The van der Waals surface area contributed by atoms with Gasteiger partial charge in [0, 0.05) is 12.1 Å². The number of carbonyl (C=O) groups is 1. The van der Waals surface area contributed by atoms with Crippen molar-refractivity contribution in [3.63, 3.8) is 0 Å². The van der Waals surface area contributed by atoms with Gasteiger partial charge in [0.05, 0.1) is 18.3 Å². The van der Waals surface area contributed by atoms with Crippen LogP contribution in [0.4, 0.5) is 10.6 Å². The molecule has 21 heavy (non-hydrogen) atoms. The van der Waals surface area contributed by atoms with E-state index in [1.165, 1.54) is 6.42 Å². The van der Waals surface area contributed by atoms with Crippen molar-refractivity contribution in [3.05, 3.63) is 11.3 Å². The van der Waals surface area contributed by atoms with Crippen LogP contribution in [-0.2, 0) is 17.7 Å². The molecule has 0 atom stereocenters. The molecular weight excluding hydrogens is 268 g/mol. The predicted octanol–water partition coefficient (Wildman–Crippen LogP) is 2.48. The highest BCUT2D eigenvalue weighted by Crippen LogP contribution is 2.36. The van der Waals surface area contributed by atoms with Crippen LogP contribution in [0.1, 0.15) is 57.3 Å². The van der Waals surface area contributed by atoms with E-state index >= 15 is 0 Å². The largest absolute Gasteiger partial charge is 0.444 e. The van der Waals surface area contributed by atoms with E-state index in [2.05, 4.69) is 5.10 Å². The summed E-state index contributed by atoms with van der Waals surface area (Å²) in [6.07, 6.45) is 4.05. The number of fused-ring (bicyclic) bond motifs is 1. The van der Waals surface area contributed by atoms with Crippen LogP contribution in [0.25, 0.3) is 0 Å². The highest BCUT2D eigenvalue weighted by atomic mass is 16.6. The van der Waals surface area contributed by atoms with Crippen molar-refractivity contribution in [2.75, 3.05) is 12.3 Å². The number of amides is 1. The fraction of sp³-hybridized carbons (Fsp3) is 0.733. The third-order valence-electron chi connectivity index (χ3n) is 4.19. The molecule has 1 amide bonds. The molecule has 0 bridgehead atoms. The quantitative estimate of drug-likeness (QED) is 0.863. The fourth-order valence-corrected chi connectivity index (χ4v) is 2.89. The fourth-order valence-electron chi connectivity index (χ4n) is 2.89. The van der Waals surface area contributed by atoms with Crippen LogP contribution in [0, 0.1) is 0 Å². The summed E-state index contributed by atoms with van der Waals surface area (Å²) in [7, 11) is 0. The molecule has 2 heterocycles. The average Bonchev–Trinajstić information content (AvgIpc) is 2.62. The topological polar surface area (TPSA) is 73.4 Å². The average molecular weight is 292 g/mol. The van der Waals surface area contributed by atoms with Gasteiger partial charge < -0.3 is 15.4 Å². The van der Waals surface area contributed by atoms with Gasteiger partial charge in [0.15, 0.2) is 0 Å². The number of hydrogen-bond acceptors (Lipinski definition) is 4. The molecule has 1 fully saturated rings. The molecule has 1 aromatic heterocycles. The molecule has 0 spiro atoms. The van der Waals surface area contributed by atoms with Crippen molar-refractivity contribution in [3.8, 4) is 0 Å². The zero-order chi connectivity index (χ0) is 15.2. The van der Waals surface area contributed by atoms with Gasteiger partial charge in [0.1, 0.15) is 11.4 Å². The number of ether oxygens (including phenoxy) is 1. The molecule has 1 saturated carbocycles. The molecule has 1 aliphatic heterocycles. The molecule has 0 saturated heterocycles. The van der Waals surface area contributed by atoms with Gasteiger partial charge in [-0.3, -0.25) is 4.68 Å².